The van der Waals surface area contributed by atoms with Gasteiger partial charge in [-0.2, -0.15) is 0 Å². The first-order valence-electron chi connectivity index (χ1n) is 8.87. The number of carbonyl (C=O) groups excluding carboxylic acids is 2. The summed E-state index contributed by atoms with van der Waals surface area (Å²) < 4.78 is 5.46. The van der Waals surface area contributed by atoms with Crippen molar-refractivity contribution >= 4 is 58.0 Å². The lowest BCUT2D eigenvalue weighted by molar-refractivity contribution is -0.118. The number of halogens is 3. The number of anilines is 2. The molecule has 0 saturated carbocycles. The Morgan fingerprint density at radius 2 is 1.60 bits per heavy atom. The Balaban J connectivity index is 1.54. The number of aryl methyl sites for hydroxylation is 1. The van der Waals surface area contributed by atoms with Gasteiger partial charge in [-0.3, -0.25) is 9.59 Å². The summed E-state index contributed by atoms with van der Waals surface area (Å²) in [5.74, 6) is -0.156. The molecule has 0 fully saturated rings. The highest BCUT2D eigenvalue weighted by Gasteiger charge is 2.10. The number of amides is 2. The number of carbonyl (C=O) groups is 2. The highest BCUT2D eigenvalue weighted by Crippen LogP contribution is 2.25. The molecule has 0 bridgehead atoms. The van der Waals surface area contributed by atoms with Crippen LogP contribution in [0.25, 0.3) is 0 Å². The molecule has 3 rings (SSSR count). The van der Waals surface area contributed by atoms with Crippen LogP contribution in [0.1, 0.15) is 15.9 Å². The summed E-state index contributed by atoms with van der Waals surface area (Å²) in [5, 5.41) is 6.86. The lowest BCUT2D eigenvalue weighted by Gasteiger charge is -2.10. The highest BCUT2D eigenvalue weighted by atomic mass is 35.5. The van der Waals surface area contributed by atoms with Crippen molar-refractivity contribution in [3.63, 3.8) is 0 Å². The van der Waals surface area contributed by atoms with Crippen LogP contribution in [0.15, 0.2) is 60.7 Å². The molecule has 2 N–H and O–H groups in total. The zero-order chi connectivity index (χ0) is 21.7. The minimum atomic E-state index is -0.353. The van der Waals surface area contributed by atoms with Crippen LogP contribution in [0.4, 0.5) is 11.4 Å². The van der Waals surface area contributed by atoms with Gasteiger partial charge in [0, 0.05) is 22.0 Å². The average Bonchev–Trinajstić information content (AvgIpc) is 2.71. The largest absolute Gasteiger partial charge is 0.484 e. The van der Waals surface area contributed by atoms with Gasteiger partial charge in [-0.1, -0.05) is 34.8 Å². The molecule has 3 aromatic carbocycles. The monoisotopic (exact) mass is 462 g/mol. The fourth-order valence-electron chi connectivity index (χ4n) is 2.58. The average molecular weight is 464 g/mol. The van der Waals surface area contributed by atoms with E-state index in [0.717, 1.165) is 5.56 Å². The van der Waals surface area contributed by atoms with Crippen molar-refractivity contribution in [3.8, 4) is 5.75 Å². The molecule has 8 heteroatoms. The summed E-state index contributed by atoms with van der Waals surface area (Å²) in [6.07, 6.45) is 0. The summed E-state index contributed by atoms with van der Waals surface area (Å²) in [7, 11) is 0. The van der Waals surface area contributed by atoms with Crippen LogP contribution in [-0.2, 0) is 4.79 Å². The smallest absolute Gasteiger partial charge is 0.262 e. The zero-order valence-corrected chi connectivity index (χ0v) is 18.1. The summed E-state index contributed by atoms with van der Waals surface area (Å²) >= 11 is 17.7. The van der Waals surface area contributed by atoms with Crippen LogP contribution in [0, 0.1) is 6.92 Å². The van der Waals surface area contributed by atoms with E-state index < -0.39 is 0 Å². The second kappa shape index (κ2) is 9.85. The Morgan fingerprint density at radius 1 is 0.867 bits per heavy atom. The highest BCUT2D eigenvalue weighted by molar-refractivity contribution is 6.42. The molecule has 0 heterocycles. The van der Waals surface area contributed by atoms with E-state index in [1.165, 1.54) is 0 Å². The van der Waals surface area contributed by atoms with Crippen molar-refractivity contribution in [2.24, 2.45) is 0 Å². The first-order valence-corrected chi connectivity index (χ1v) is 10.0. The van der Waals surface area contributed by atoms with E-state index >= 15 is 0 Å². The van der Waals surface area contributed by atoms with E-state index in [4.69, 9.17) is 39.5 Å². The molecule has 5 nitrogen and oxygen atoms in total. The van der Waals surface area contributed by atoms with E-state index in [2.05, 4.69) is 10.6 Å². The first-order chi connectivity index (χ1) is 14.3. The van der Waals surface area contributed by atoms with Gasteiger partial charge >= 0.3 is 0 Å². The lowest BCUT2D eigenvalue weighted by Crippen LogP contribution is -2.20. The molecule has 154 valence electrons. The Bertz CT molecular complexity index is 1090. The molecule has 30 heavy (non-hydrogen) atoms. The second-order valence-electron chi connectivity index (χ2n) is 6.40. The fraction of sp³-hybridized carbons (Fsp3) is 0.0909. The Kier molecular flexibility index (Phi) is 7.21. The van der Waals surface area contributed by atoms with Gasteiger partial charge < -0.3 is 15.4 Å². The van der Waals surface area contributed by atoms with E-state index in [9.17, 15) is 9.59 Å². The summed E-state index contributed by atoms with van der Waals surface area (Å²) in [6, 6.07) is 16.5. The molecule has 2 amide bonds. The number of benzene rings is 3. The molecule has 0 unspecified atom stereocenters. The van der Waals surface area contributed by atoms with Crippen LogP contribution >= 0.6 is 34.8 Å². The number of nitrogens with one attached hydrogen (secondary N) is 2. The van der Waals surface area contributed by atoms with Crippen LogP contribution in [-0.4, -0.2) is 18.4 Å². The van der Waals surface area contributed by atoms with Crippen molar-refractivity contribution in [3.05, 3.63) is 86.9 Å². The normalized spacial score (nSPS) is 10.4. The summed E-state index contributed by atoms with van der Waals surface area (Å²) in [4.78, 5) is 24.4. The molecular formula is C22H17Cl3N2O3. The SMILES string of the molecule is Cc1cc(Cl)ccc1NC(=O)c1ccc(OCC(=O)Nc2ccc(Cl)c(Cl)c2)cc1. The summed E-state index contributed by atoms with van der Waals surface area (Å²) in [6.45, 7) is 1.66. The van der Waals surface area contributed by atoms with Crippen LogP contribution < -0.4 is 15.4 Å². The second-order valence-corrected chi connectivity index (χ2v) is 7.65. The van der Waals surface area contributed by atoms with Gasteiger partial charge in [0.15, 0.2) is 6.61 Å². The maximum atomic E-state index is 12.4. The van der Waals surface area contributed by atoms with E-state index in [1.54, 1.807) is 60.7 Å². The fourth-order valence-corrected chi connectivity index (χ4v) is 3.11. The lowest BCUT2D eigenvalue weighted by atomic mass is 10.1. The maximum Gasteiger partial charge on any atom is 0.262 e. The maximum absolute atomic E-state index is 12.4. The Labute approximate surface area is 188 Å². The van der Waals surface area contributed by atoms with Crippen molar-refractivity contribution < 1.29 is 14.3 Å². The molecular weight excluding hydrogens is 447 g/mol. The molecule has 0 aromatic heterocycles. The number of rotatable bonds is 6. The van der Waals surface area contributed by atoms with Crippen LogP contribution in [0.3, 0.4) is 0 Å². The van der Waals surface area contributed by atoms with Gasteiger partial charge in [0.05, 0.1) is 10.0 Å². The topological polar surface area (TPSA) is 67.4 Å². The molecule has 0 radical (unpaired) electrons. The molecule has 0 aliphatic carbocycles. The van der Waals surface area contributed by atoms with Gasteiger partial charge in [-0.25, -0.2) is 0 Å². The number of hydrogen-bond acceptors (Lipinski definition) is 3. The van der Waals surface area contributed by atoms with Gasteiger partial charge in [-0.05, 0) is 73.2 Å². The van der Waals surface area contributed by atoms with Crippen molar-refractivity contribution in [1.82, 2.24) is 0 Å². The quantitative estimate of drug-likeness (QED) is 0.456. The van der Waals surface area contributed by atoms with Crippen molar-refractivity contribution in [2.45, 2.75) is 6.92 Å². The molecule has 0 spiro atoms. The Morgan fingerprint density at radius 3 is 2.27 bits per heavy atom. The minimum Gasteiger partial charge on any atom is -0.484 e. The van der Waals surface area contributed by atoms with Crippen molar-refractivity contribution in [1.29, 1.82) is 0 Å². The zero-order valence-electron chi connectivity index (χ0n) is 15.8. The van der Waals surface area contributed by atoms with E-state index in [-0.39, 0.29) is 18.4 Å². The third-order valence-corrected chi connectivity index (χ3v) is 5.10. The first kappa shape index (κ1) is 22.0. The van der Waals surface area contributed by atoms with E-state index in [0.29, 0.717) is 37.8 Å². The number of ether oxygens (including phenoxy) is 1. The van der Waals surface area contributed by atoms with Gasteiger partial charge in [-0.15, -0.1) is 0 Å². The Hall–Kier alpha value is -2.73. The molecule has 0 saturated heterocycles. The third-order valence-electron chi connectivity index (χ3n) is 4.13. The van der Waals surface area contributed by atoms with Crippen LogP contribution in [0.5, 0.6) is 5.75 Å². The van der Waals surface area contributed by atoms with Gasteiger partial charge in [0.2, 0.25) is 0 Å². The minimum absolute atomic E-state index is 0.199. The molecule has 3 aromatic rings. The van der Waals surface area contributed by atoms with Crippen molar-refractivity contribution in [2.75, 3.05) is 17.2 Å². The van der Waals surface area contributed by atoms with Crippen LogP contribution in [0.2, 0.25) is 15.1 Å². The number of hydrogen-bond donors (Lipinski definition) is 2. The van der Waals surface area contributed by atoms with Gasteiger partial charge in [0.25, 0.3) is 11.8 Å². The predicted molar refractivity (Wildman–Crippen MR) is 121 cm³/mol. The van der Waals surface area contributed by atoms with E-state index in [1.807, 2.05) is 6.92 Å². The molecule has 0 aliphatic heterocycles. The van der Waals surface area contributed by atoms with Gasteiger partial charge in [0.1, 0.15) is 5.75 Å². The molecule has 0 aliphatic rings. The summed E-state index contributed by atoms with van der Waals surface area (Å²) in [5.41, 5.74) is 2.52. The third kappa shape index (κ3) is 5.89. The molecule has 0 atom stereocenters. The standard InChI is InChI=1S/C22H17Cl3N2O3/c1-13-10-15(23)4-9-20(13)27-22(29)14-2-6-17(7-3-14)30-12-21(28)26-16-5-8-18(24)19(25)11-16/h2-11H,12H2,1H3,(H,26,28)(H,27,29). The predicted octanol–water partition coefficient (Wildman–Crippen LogP) is 6.23.